The van der Waals surface area contributed by atoms with Crippen molar-refractivity contribution in [3.8, 4) is 5.75 Å². The second-order valence-electron chi connectivity index (χ2n) is 5.91. The van der Waals surface area contributed by atoms with Crippen molar-refractivity contribution < 1.29 is 14.3 Å². The summed E-state index contributed by atoms with van der Waals surface area (Å²) < 4.78 is 5.63. The maximum absolute atomic E-state index is 12.1. The lowest BCUT2D eigenvalue weighted by atomic mass is 10.0. The van der Waals surface area contributed by atoms with E-state index in [1.807, 2.05) is 42.5 Å². The van der Waals surface area contributed by atoms with E-state index in [4.69, 9.17) is 4.74 Å². The van der Waals surface area contributed by atoms with Gasteiger partial charge >= 0.3 is 0 Å². The number of rotatable bonds is 5. The minimum absolute atomic E-state index is 0.00166. The van der Waals surface area contributed by atoms with Gasteiger partial charge in [0, 0.05) is 6.54 Å². The maximum atomic E-state index is 12.1. The Kier molecular flexibility index (Phi) is 4.79. The fourth-order valence-electron chi connectivity index (χ4n) is 2.63. The highest BCUT2D eigenvalue weighted by Gasteiger charge is 2.29. The van der Waals surface area contributed by atoms with Crippen LogP contribution in [-0.2, 0) is 9.59 Å². The van der Waals surface area contributed by atoms with Crippen LogP contribution in [-0.4, -0.2) is 24.5 Å². The highest BCUT2D eigenvalue weighted by Crippen LogP contribution is 2.29. The highest BCUT2D eigenvalue weighted by atomic mass is 16.5. The van der Waals surface area contributed by atoms with Crippen LogP contribution >= 0.6 is 0 Å². The first-order chi connectivity index (χ1) is 11.6. The molecule has 1 aliphatic heterocycles. The fraction of sp³-hybridized carbons (Fsp3) is 0.263. The van der Waals surface area contributed by atoms with E-state index in [9.17, 15) is 9.59 Å². The number of carbonyl (C=O) groups excluding carboxylic acids is 2. The number of anilines is 1. The van der Waals surface area contributed by atoms with E-state index >= 15 is 0 Å². The van der Waals surface area contributed by atoms with Crippen LogP contribution in [0.1, 0.15) is 24.8 Å². The predicted molar refractivity (Wildman–Crippen MR) is 92.0 cm³/mol. The number of benzene rings is 2. The molecular formula is C19H20N2O3. The lowest BCUT2D eigenvalue weighted by Crippen LogP contribution is -2.41. The summed E-state index contributed by atoms with van der Waals surface area (Å²) in [7, 11) is 0. The zero-order chi connectivity index (χ0) is 16.9. The van der Waals surface area contributed by atoms with Crippen LogP contribution in [0.15, 0.2) is 54.6 Å². The minimum Gasteiger partial charge on any atom is -0.478 e. The quantitative estimate of drug-likeness (QED) is 0.888. The molecule has 0 bridgehead atoms. The van der Waals surface area contributed by atoms with Gasteiger partial charge in [-0.3, -0.25) is 9.59 Å². The standard InChI is InChI=1S/C19H20N2O3/c1-13(14-7-3-2-4-8-14)12-20-18(22)11-17-19(23)21-15-9-5-6-10-16(15)24-17/h2-10,13,17H,11-12H2,1H3,(H,20,22)(H,21,23)/t13-,17-/m1/s1. The summed E-state index contributed by atoms with van der Waals surface area (Å²) in [6, 6.07) is 17.2. The molecule has 0 aromatic heterocycles. The van der Waals surface area contributed by atoms with Crippen molar-refractivity contribution in [3.05, 3.63) is 60.2 Å². The smallest absolute Gasteiger partial charge is 0.266 e. The normalized spacial score (nSPS) is 17.2. The van der Waals surface area contributed by atoms with Crippen molar-refractivity contribution >= 4 is 17.5 Å². The molecule has 0 spiro atoms. The number of para-hydroxylation sites is 2. The van der Waals surface area contributed by atoms with Crippen molar-refractivity contribution in [2.24, 2.45) is 0 Å². The predicted octanol–water partition coefficient (Wildman–Crippen LogP) is 2.70. The van der Waals surface area contributed by atoms with Gasteiger partial charge in [0.25, 0.3) is 5.91 Å². The molecule has 2 aromatic rings. The molecule has 5 heteroatoms. The maximum Gasteiger partial charge on any atom is 0.266 e. The van der Waals surface area contributed by atoms with Gasteiger partial charge in [0.1, 0.15) is 5.75 Å². The number of fused-ring (bicyclic) bond motifs is 1. The van der Waals surface area contributed by atoms with E-state index in [1.54, 1.807) is 12.1 Å². The molecule has 2 atom stereocenters. The van der Waals surface area contributed by atoms with Gasteiger partial charge in [-0.15, -0.1) is 0 Å². The molecule has 0 saturated carbocycles. The Hall–Kier alpha value is -2.82. The number of ether oxygens (including phenoxy) is 1. The second-order valence-corrected chi connectivity index (χ2v) is 5.91. The van der Waals surface area contributed by atoms with E-state index in [0.717, 1.165) is 0 Å². The third kappa shape index (κ3) is 3.74. The SMILES string of the molecule is C[C@H](CNC(=O)C[C@H]1Oc2ccccc2NC1=O)c1ccccc1. The fourth-order valence-corrected chi connectivity index (χ4v) is 2.63. The molecule has 2 N–H and O–H groups in total. The van der Waals surface area contributed by atoms with Gasteiger partial charge in [-0.05, 0) is 23.6 Å². The van der Waals surface area contributed by atoms with Gasteiger partial charge in [-0.2, -0.15) is 0 Å². The molecule has 0 saturated heterocycles. The molecule has 0 unspecified atom stereocenters. The molecule has 0 fully saturated rings. The zero-order valence-electron chi connectivity index (χ0n) is 13.5. The number of carbonyl (C=O) groups is 2. The first-order valence-corrected chi connectivity index (χ1v) is 8.01. The summed E-state index contributed by atoms with van der Waals surface area (Å²) in [6.45, 7) is 2.57. The first kappa shape index (κ1) is 16.1. The topological polar surface area (TPSA) is 67.4 Å². The molecule has 0 radical (unpaired) electrons. The lowest BCUT2D eigenvalue weighted by molar-refractivity contribution is -0.130. The van der Waals surface area contributed by atoms with Crippen molar-refractivity contribution in [2.75, 3.05) is 11.9 Å². The van der Waals surface area contributed by atoms with Gasteiger partial charge in [-0.1, -0.05) is 49.4 Å². The summed E-state index contributed by atoms with van der Waals surface area (Å²) in [6.07, 6.45) is -0.797. The molecule has 2 aromatic carbocycles. The molecule has 124 valence electrons. The third-order valence-corrected chi connectivity index (χ3v) is 4.05. The molecule has 5 nitrogen and oxygen atoms in total. The van der Waals surface area contributed by atoms with Crippen LogP contribution < -0.4 is 15.4 Å². The van der Waals surface area contributed by atoms with Gasteiger partial charge in [0.15, 0.2) is 6.10 Å². The van der Waals surface area contributed by atoms with Crippen molar-refractivity contribution in [2.45, 2.75) is 25.4 Å². The van der Waals surface area contributed by atoms with E-state index in [1.165, 1.54) is 5.56 Å². The van der Waals surface area contributed by atoms with Crippen LogP contribution in [0.3, 0.4) is 0 Å². The number of amides is 2. The average Bonchev–Trinajstić information content (AvgIpc) is 2.61. The largest absolute Gasteiger partial charge is 0.478 e. The first-order valence-electron chi connectivity index (χ1n) is 8.01. The van der Waals surface area contributed by atoms with Gasteiger partial charge < -0.3 is 15.4 Å². The summed E-state index contributed by atoms with van der Waals surface area (Å²) in [5, 5.41) is 5.64. The molecule has 1 heterocycles. The zero-order valence-corrected chi connectivity index (χ0v) is 13.5. The van der Waals surface area contributed by atoms with Gasteiger partial charge in [0.05, 0.1) is 12.1 Å². The van der Waals surface area contributed by atoms with Crippen molar-refractivity contribution in [1.82, 2.24) is 5.32 Å². The minimum atomic E-state index is -0.799. The number of hydrogen-bond acceptors (Lipinski definition) is 3. The summed E-state index contributed by atoms with van der Waals surface area (Å²) in [5.74, 6) is 0.307. The summed E-state index contributed by atoms with van der Waals surface area (Å²) >= 11 is 0. The van der Waals surface area contributed by atoms with Gasteiger partial charge in [0.2, 0.25) is 5.91 Å². The molecule has 0 aliphatic carbocycles. The van der Waals surface area contributed by atoms with Gasteiger partial charge in [-0.25, -0.2) is 0 Å². The Morgan fingerprint density at radius 1 is 1.17 bits per heavy atom. The van der Waals surface area contributed by atoms with Crippen LogP contribution in [0.25, 0.3) is 0 Å². The Balaban J connectivity index is 1.53. The number of hydrogen-bond donors (Lipinski definition) is 2. The van der Waals surface area contributed by atoms with Crippen LogP contribution in [0, 0.1) is 0 Å². The van der Waals surface area contributed by atoms with E-state index in [0.29, 0.717) is 18.0 Å². The highest BCUT2D eigenvalue weighted by molar-refractivity contribution is 5.99. The monoisotopic (exact) mass is 324 g/mol. The Morgan fingerprint density at radius 3 is 2.67 bits per heavy atom. The third-order valence-electron chi connectivity index (χ3n) is 4.05. The van der Waals surface area contributed by atoms with Crippen molar-refractivity contribution in [3.63, 3.8) is 0 Å². The van der Waals surface area contributed by atoms with Crippen LogP contribution in [0.2, 0.25) is 0 Å². The Morgan fingerprint density at radius 2 is 1.88 bits per heavy atom. The van der Waals surface area contributed by atoms with Crippen LogP contribution in [0.5, 0.6) is 5.75 Å². The molecule has 2 amide bonds. The van der Waals surface area contributed by atoms with E-state index in [-0.39, 0.29) is 24.2 Å². The van der Waals surface area contributed by atoms with E-state index in [2.05, 4.69) is 17.6 Å². The van der Waals surface area contributed by atoms with E-state index < -0.39 is 6.10 Å². The average molecular weight is 324 g/mol. The Bertz CT molecular complexity index is 730. The molecule has 1 aliphatic rings. The molecular weight excluding hydrogens is 304 g/mol. The Labute approximate surface area is 141 Å². The molecule has 3 rings (SSSR count). The van der Waals surface area contributed by atoms with Crippen molar-refractivity contribution in [1.29, 1.82) is 0 Å². The number of nitrogens with one attached hydrogen (secondary N) is 2. The lowest BCUT2D eigenvalue weighted by Gasteiger charge is -2.25. The summed E-state index contributed by atoms with van der Waals surface area (Å²) in [5.41, 5.74) is 1.80. The summed E-state index contributed by atoms with van der Waals surface area (Å²) in [4.78, 5) is 24.2. The molecule has 24 heavy (non-hydrogen) atoms. The second kappa shape index (κ2) is 7.17. The van der Waals surface area contributed by atoms with Crippen LogP contribution in [0.4, 0.5) is 5.69 Å².